The molecule has 1 heterocycles. The number of carbonyl (C=O) groups excluding carboxylic acids is 1. The summed E-state index contributed by atoms with van der Waals surface area (Å²) in [4.78, 5) is 18.1. The Balaban J connectivity index is 2.69. The third-order valence-electron chi connectivity index (χ3n) is 2.74. The zero-order valence-corrected chi connectivity index (χ0v) is 13.4. The fourth-order valence-electron chi connectivity index (χ4n) is 1.82. The smallest absolute Gasteiger partial charge is 0.342 e. The molecule has 0 amide bonds. The number of nitrogens with one attached hydrogen (secondary N) is 1. The van der Waals surface area contributed by atoms with E-state index in [2.05, 4.69) is 30.6 Å². The zero-order chi connectivity index (χ0) is 15.7. The summed E-state index contributed by atoms with van der Waals surface area (Å²) in [6, 6.07) is 2.22. The van der Waals surface area contributed by atoms with E-state index in [1.165, 1.54) is 7.11 Å². The van der Waals surface area contributed by atoms with Crippen LogP contribution in [-0.4, -0.2) is 23.0 Å². The number of rotatable bonds is 2. The summed E-state index contributed by atoms with van der Waals surface area (Å²) < 4.78 is 32.6. The molecule has 0 bridgehead atoms. The SMILES string of the molecule is COC(=O)c1c(C)[nH]c(-c2c(F)cc(Br)cc2F)nc1=S. The van der Waals surface area contributed by atoms with Crippen molar-refractivity contribution < 1.29 is 18.3 Å². The molecule has 0 unspecified atom stereocenters. The number of carbonyl (C=O) groups is 1. The summed E-state index contributed by atoms with van der Waals surface area (Å²) in [5.41, 5.74) is 0.0385. The van der Waals surface area contributed by atoms with Crippen molar-refractivity contribution in [1.82, 2.24) is 9.97 Å². The molecule has 1 aromatic carbocycles. The number of halogens is 3. The number of aryl methyl sites for hydroxylation is 1. The van der Waals surface area contributed by atoms with E-state index in [-0.39, 0.29) is 26.1 Å². The molecule has 0 aliphatic rings. The minimum atomic E-state index is -0.801. The van der Waals surface area contributed by atoms with Gasteiger partial charge in [-0.25, -0.2) is 18.6 Å². The first-order valence-corrected chi connectivity index (χ1v) is 6.89. The molecule has 0 fully saturated rings. The number of nitrogens with zero attached hydrogens (tertiary/aromatic N) is 1. The molecule has 1 N–H and O–H groups in total. The lowest BCUT2D eigenvalue weighted by atomic mass is 10.1. The topological polar surface area (TPSA) is 55.0 Å². The van der Waals surface area contributed by atoms with Gasteiger partial charge in [0, 0.05) is 10.2 Å². The fraction of sp³-hybridized carbons (Fsp3) is 0.154. The predicted molar refractivity (Wildman–Crippen MR) is 78.6 cm³/mol. The van der Waals surface area contributed by atoms with Crippen LogP contribution in [0.1, 0.15) is 16.1 Å². The van der Waals surface area contributed by atoms with Gasteiger partial charge in [0.15, 0.2) is 0 Å². The molecule has 110 valence electrons. The van der Waals surface area contributed by atoms with E-state index in [4.69, 9.17) is 12.2 Å². The van der Waals surface area contributed by atoms with Gasteiger partial charge in [-0.05, 0) is 19.1 Å². The normalized spacial score (nSPS) is 10.5. The molecule has 0 spiro atoms. The van der Waals surface area contributed by atoms with Gasteiger partial charge in [-0.15, -0.1) is 0 Å². The van der Waals surface area contributed by atoms with Gasteiger partial charge in [0.05, 0.1) is 12.7 Å². The summed E-state index contributed by atoms with van der Waals surface area (Å²) in [5, 5.41) is 0. The Labute approximate surface area is 132 Å². The summed E-state index contributed by atoms with van der Waals surface area (Å²) in [5.74, 6) is -2.35. The van der Waals surface area contributed by atoms with Crippen molar-refractivity contribution in [3.8, 4) is 11.4 Å². The van der Waals surface area contributed by atoms with Crippen LogP contribution < -0.4 is 0 Å². The Hall–Kier alpha value is -1.67. The highest BCUT2D eigenvalue weighted by molar-refractivity contribution is 9.10. The molecule has 4 nitrogen and oxygen atoms in total. The Morgan fingerprint density at radius 2 is 1.95 bits per heavy atom. The molecule has 0 aliphatic carbocycles. The van der Waals surface area contributed by atoms with Crippen molar-refractivity contribution in [2.45, 2.75) is 6.92 Å². The third kappa shape index (κ3) is 3.01. The van der Waals surface area contributed by atoms with Crippen molar-refractivity contribution in [1.29, 1.82) is 0 Å². The van der Waals surface area contributed by atoms with E-state index in [1.807, 2.05) is 0 Å². The van der Waals surface area contributed by atoms with Gasteiger partial charge >= 0.3 is 5.97 Å². The van der Waals surface area contributed by atoms with Crippen LogP contribution in [0.2, 0.25) is 0 Å². The number of methoxy groups -OCH3 is 1. The first-order valence-electron chi connectivity index (χ1n) is 5.69. The van der Waals surface area contributed by atoms with Crippen LogP contribution in [0.15, 0.2) is 16.6 Å². The number of aromatic amines is 1. The maximum Gasteiger partial charge on any atom is 0.342 e. The molecular formula is C13H9BrF2N2O2S. The minimum Gasteiger partial charge on any atom is -0.465 e. The van der Waals surface area contributed by atoms with Crippen LogP contribution in [0, 0.1) is 23.2 Å². The van der Waals surface area contributed by atoms with Crippen LogP contribution in [0.5, 0.6) is 0 Å². The van der Waals surface area contributed by atoms with E-state index in [0.717, 1.165) is 12.1 Å². The molecule has 0 aliphatic heterocycles. The van der Waals surface area contributed by atoms with Crippen molar-refractivity contribution in [2.75, 3.05) is 7.11 Å². The number of aromatic nitrogens is 2. The molecule has 8 heteroatoms. The average molecular weight is 375 g/mol. The Bertz CT molecular complexity index is 769. The average Bonchev–Trinajstić information content (AvgIpc) is 2.36. The Kier molecular flexibility index (Phi) is 4.48. The second-order valence-corrected chi connectivity index (χ2v) is 5.43. The van der Waals surface area contributed by atoms with Crippen LogP contribution >= 0.6 is 28.1 Å². The molecular weight excluding hydrogens is 366 g/mol. The van der Waals surface area contributed by atoms with Gasteiger partial charge in [0.1, 0.15) is 27.7 Å². The van der Waals surface area contributed by atoms with Gasteiger partial charge < -0.3 is 9.72 Å². The number of hydrogen-bond donors (Lipinski definition) is 1. The molecule has 0 atom stereocenters. The second kappa shape index (κ2) is 5.98. The van der Waals surface area contributed by atoms with Crippen molar-refractivity contribution in [3.05, 3.63) is 44.1 Å². The third-order valence-corrected chi connectivity index (χ3v) is 3.49. The standard InChI is InChI=1S/C13H9BrF2N2O2S/c1-5-9(13(19)20-2)12(21)18-11(17-5)10-7(15)3-6(14)4-8(10)16/h3-4H,1-2H3,(H,17,18,21). The van der Waals surface area contributed by atoms with Gasteiger partial charge in [-0.1, -0.05) is 28.1 Å². The quantitative estimate of drug-likeness (QED) is 0.638. The number of hydrogen-bond acceptors (Lipinski definition) is 4. The summed E-state index contributed by atoms with van der Waals surface area (Å²) in [6.45, 7) is 1.54. The molecule has 0 saturated carbocycles. The van der Waals surface area contributed by atoms with E-state index in [1.54, 1.807) is 6.92 Å². The van der Waals surface area contributed by atoms with Crippen LogP contribution in [0.3, 0.4) is 0 Å². The Morgan fingerprint density at radius 3 is 2.43 bits per heavy atom. The number of H-pyrrole nitrogens is 1. The number of ether oxygens (including phenoxy) is 1. The largest absolute Gasteiger partial charge is 0.465 e. The highest BCUT2D eigenvalue weighted by Crippen LogP contribution is 2.27. The lowest BCUT2D eigenvalue weighted by Gasteiger charge is -2.09. The van der Waals surface area contributed by atoms with Crippen molar-refractivity contribution in [3.63, 3.8) is 0 Å². The molecule has 2 aromatic rings. The van der Waals surface area contributed by atoms with Crippen molar-refractivity contribution in [2.24, 2.45) is 0 Å². The fourth-order valence-corrected chi connectivity index (χ4v) is 2.54. The molecule has 1 aromatic heterocycles. The van der Waals surface area contributed by atoms with E-state index < -0.39 is 17.6 Å². The van der Waals surface area contributed by atoms with Gasteiger partial charge in [0.2, 0.25) is 0 Å². The van der Waals surface area contributed by atoms with Crippen molar-refractivity contribution >= 4 is 34.1 Å². The van der Waals surface area contributed by atoms with E-state index >= 15 is 0 Å². The van der Waals surface area contributed by atoms with Gasteiger partial charge in [-0.2, -0.15) is 0 Å². The number of esters is 1. The molecule has 0 saturated heterocycles. The minimum absolute atomic E-state index is 0.0641. The summed E-state index contributed by atoms with van der Waals surface area (Å²) in [7, 11) is 1.21. The first-order chi connectivity index (χ1) is 9.85. The lowest BCUT2D eigenvalue weighted by molar-refractivity contribution is 0.0598. The molecule has 21 heavy (non-hydrogen) atoms. The first kappa shape index (κ1) is 15.7. The molecule has 2 rings (SSSR count). The summed E-state index contributed by atoms with van der Waals surface area (Å²) >= 11 is 7.99. The highest BCUT2D eigenvalue weighted by Gasteiger charge is 2.19. The van der Waals surface area contributed by atoms with Crippen LogP contribution in [0.4, 0.5) is 8.78 Å². The second-order valence-electron chi connectivity index (χ2n) is 4.13. The lowest BCUT2D eigenvalue weighted by Crippen LogP contribution is -2.09. The maximum atomic E-state index is 13.9. The van der Waals surface area contributed by atoms with E-state index in [0.29, 0.717) is 5.69 Å². The maximum absolute atomic E-state index is 13.9. The van der Waals surface area contributed by atoms with E-state index in [9.17, 15) is 13.6 Å². The van der Waals surface area contributed by atoms with Crippen LogP contribution in [-0.2, 0) is 4.74 Å². The zero-order valence-electron chi connectivity index (χ0n) is 11.0. The molecule has 0 radical (unpaired) electrons. The Morgan fingerprint density at radius 1 is 1.38 bits per heavy atom. The predicted octanol–water partition coefficient (Wildman–Crippen LogP) is 3.94. The summed E-state index contributed by atoms with van der Waals surface area (Å²) in [6.07, 6.45) is 0. The monoisotopic (exact) mass is 374 g/mol. The highest BCUT2D eigenvalue weighted by atomic mass is 79.9. The number of benzene rings is 1. The van der Waals surface area contributed by atoms with Gasteiger partial charge in [-0.3, -0.25) is 0 Å². The van der Waals surface area contributed by atoms with Crippen LogP contribution in [0.25, 0.3) is 11.4 Å². The van der Waals surface area contributed by atoms with Gasteiger partial charge in [0.25, 0.3) is 0 Å².